The van der Waals surface area contributed by atoms with Crippen molar-refractivity contribution < 1.29 is 9.13 Å². The molecular weight excluding hydrogens is 249 g/mol. The van der Waals surface area contributed by atoms with Crippen molar-refractivity contribution in [2.45, 2.75) is 13.0 Å². The Morgan fingerprint density at radius 3 is 2.86 bits per heavy atom. The van der Waals surface area contributed by atoms with Crippen LogP contribution in [0.4, 0.5) is 4.39 Å². The normalized spacial score (nSPS) is 10.5. The maximum atomic E-state index is 13.2. The highest BCUT2D eigenvalue weighted by Crippen LogP contribution is 2.15. The molecule has 78 valence electrons. The van der Waals surface area contributed by atoms with E-state index in [0.717, 1.165) is 10.9 Å². The number of rotatable bonds is 5. The molecule has 0 unspecified atom stereocenters. The van der Waals surface area contributed by atoms with Gasteiger partial charge in [0.25, 0.3) is 0 Å². The van der Waals surface area contributed by atoms with E-state index in [-0.39, 0.29) is 5.82 Å². The Balaban J connectivity index is 2.42. The lowest BCUT2D eigenvalue weighted by molar-refractivity contribution is 0.117. The second-order valence-electron chi connectivity index (χ2n) is 2.93. The van der Waals surface area contributed by atoms with Crippen LogP contribution in [0, 0.1) is 5.82 Å². The molecule has 0 saturated heterocycles. The second-order valence-corrected chi connectivity index (χ2v) is 3.85. The summed E-state index contributed by atoms with van der Waals surface area (Å²) in [7, 11) is 0. The van der Waals surface area contributed by atoms with Crippen LogP contribution in [-0.4, -0.2) is 13.2 Å². The van der Waals surface area contributed by atoms with Crippen molar-refractivity contribution in [3.63, 3.8) is 0 Å². The van der Waals surface area contributed by atoms with Crippen LogP contribution in [0.3, 0.4) is 0 Å². The summed E-state index contributed by atoms with van der Waals surface area (Å²) in [5, 5.41) is 0. The number of hydrogen-bond acceptors (Lipinski definition) is 2. The fraction of sp³-hybridized carbons (Fsp3) is 0.400. The van der Waals surface area contributed by atoms with E-state index in [0.29, 0.717) is 25.3 Å². The number of halogens is 2. The van der Waals surface area contributed by atoms with Crippen molar-refractivity contribution in [3.05, 3.63) is 34.1 Å². The molecule has 0 saturated carbocycles. The molecule has 0 heterocycles. The molecule has 0 aliphatic rings. The minimum Gasteiger partial charge on any atom is -0.377 e. The van der Waals surface area contributed by atoms with E-state index < -0.39 is 0 Å². The Bertz CT molecular complexity index is 293. The molecule has 0 atom stereocenters. The molecular formula is C10H13BrFNO. The van der Waals surface area contributed by atoms with Gasteiger partial charge in [-0.25, -0.2) is 4.39 Å². The molecule has 0 amide bonds. The highest BCUT2D eigenvalue weighted by atomic mass is 79.9. The Morgan fingerprint density at radius 1 is 1.43 bits per heavy atom. The standard InChI is InChI=1S/C10H13BrFNO/c11-9-3-2-8(10(12)6-9)7-14-5-1-4-13/h2-3,6H,1,4-5,7,13H2. The van der Waals surface area contributed by atoms with E-state index in [1.54, 1.807) is 12.1 Å². The first kappa shape index (κ1) is 11.6. The largest absolute Gasteiger partial charge is 0.377 e. The summed E-state index contributed by atoms with van der Waals surface area (Å²) < 4.78 is 19.2. The lowest BCUT2D eigenvalue weighted by Gasteiger charge is -2.04. The zero-order chi connectivity index (χ0) is 10.4. The summed E-state index contributed by atoms with van der Waals surface area (Å²) in [6.45, 7) is 1.48. The van der Waals surface area contributed by atoms with E-state index >= 15 is 0 Å². The van der Waals surface area contributed by atoms with Gasteiger partial charge in [-0.1, -0.05) is 22.0 Å². The molecule has 0 fully saturated rings. The van der Waals surface area contributed by atoms with Gasteiger partial charge < -0.3 is 10.5 Å². The highest BCUT2D eigenvalue weighted by molar-refractivity contribution is 9.10. The summed E-state index contributed by atoms with van der Waals surface area (Å²) in [6, 6.07) is 4.94. The van der Waals surface area contributed by atoms with Gasteiger partial charge in [0.1, 0.15) is 5.82 Å². The third-order valence-corrected chi connectivity index (χ3v) is 2.26. The van der Waals surface area contributed by atoms with Crippen molar-refractivity contribution in [2.24, 2.45) is 5.73 Å². The van der Waals surface area contributed by atoms with Gasteiger partial charge in [0.15, 0.2) is 0 Å². The molecule has 2 nitrogen and oxygen atoms in total. The van der Waals surface area contributed by atoms with Crippen LogP contribution in [0.5, 0.6) is 0 Å². The fourth-order valence-corrected chi connectivity index (χ4v) is 1.34. The summed E-state index contributed by atoms with van der Waals surface area (Å²) in [5.41, 5.74) is 5.87. The zero-order valence-corrected chi connectivity index (χ0v) is 9.39. The van der Waals surface area contributed by atoms with E-state index in [2.05, 4.69) is 15.9 Å². The molecule has 1 aromatic carbocycles. The van der Waals surface area contributed by atoms with Crippen LogP contribution in [0.2, 0.25) is 0 Å². The van der Waals surface area contributed by atoms with Gasteiger partial charge in [-0.3, -0.25) is 0 Å². The van der Waals surface area contributed by atoms with Crippen molar-refractivity contribution >= 4 is 15.9 Å². The minimum absolute atomic E-state index is 0.243. The summed E-state index contributed by atoms with van der Waals surface area (Å²) in [4.78, 5) is 0. The third-order valence-electron chi connectivity index (χ3n) is 1.77. The Hall–Kier alpha value is -0.450. The van der Waals surface area contributed by atoms with Crippen molar-refractivity contribution in [2.75, 3.05) is 13.2 Å². The monoisotopic (exact) mass is 261 g/mol. The predicted octanol–water partition coefficient (Wildman–Crippen LogP) is 2.45. The number of hydrogen-bond donors (Lipinski definition) is 1. The van der Waals surface area contributed by atoms with E-state index in [4.69, 9.17) is 10.5 Å². The van der Waals surface area contributed by atoms with Crippen molar-refractivity contribution in [1.82, 2.24) is 0 Å². The van der Waals surface area contributed by atoms with Gasteiger partial charge in [-0.15, -0.1) is 0 Å². The quantitative estimate of drug-likeness (QED) is 0.827. The van der Waals surface area contributed by atoms with E-state index in [1.165, 1.54) is 6.07 Å². The third kappa shape index (κ3) is 3.74. The maximum Gasteiger partial charge on any atom is 0.129 e. The van der Waals surface area contributed by atoms with Gasteiger partial charge in [0, 0.05) is 16.6 Å². The van der Waals surface area contributed by atoms with Gasteiger partial charge in [0.2, 0.25) is 0 Å². The first-order valence-electron chi connectivity index (χ1n) is 4.46. The lowest BCUT2D eigenvalue weighted by Crippen LogP contribution is -2.04. The van der Waals surface area contributed by atoms with Gasteiger partial charge in [-0.05, 0) is 25.1 Å². The molecule has 14 heavy (non-hydrogen) atoms. The van der Waals surface area contributed by atoms with Crippen LogP contribution >= 0.6 is 15.9 Å². The molecule has 0 bridgehead atoms. The predicted molar refractivity (Wildman–Crippen MR) is 57.4 cm³/mol. The minimum atomic E-state index is -0.243. The number of ether oxygens (including phenoxy) is 1. The topological polar surface area (TPSA) is 35.2 Å². The number of benzene rings is 1. The summed E-state index contributed by atoms with van der Waals surface area (Å²) in [5.74, 6) is -0.243. The molecule has 4 heteroatoms. The first-order valence-corrected chi connectivity index (χ1v) is 5.25. The fourth-order valence-electron chi connectivity index (χ4n) is 1.01. The SMILES string of the molecule is NCCCOCc1ccc(Br)cc1F. The van der Waals surface area contributed by atoms with E-state index in [9.17, 15) is 4.39 Å². The van der Waals surface area contributed by atoms with Crippen LogP contribution in [0.25, 0.3) is 0 Å². The molecule has 0 spiro atoms. The molecule has 1 rings (SSSR count). The zero-order valence-electron chi connectivity index (χ0n) is 7.80. The molecule has 1 aromatic rings. The Morgan fingerprint density at radius 2 is 2.21 bits per heavy atom. The molecule has 0 aliphatic heterocycles. The van der Waals surface area contributed by atoms with Crippen molar-refractivity contribution in [1.29, 1.82) is 0 Å². The van der Waals surface area contributed by atoms with Gasteiger partial charge >= 0.3 is 0 Å². The van der Waals surface area contributed by atoms with Crippen LogP contribution < -0.4 is 5.73 Å². The van der Waals surface area contributed by atoms with E-state index in [1.807, 2.05) is 0 Å². The van der Waals surface area contributed by atoms with Gasteiger partial charge in [-0.2, -0.15) is 0 Å². The average molecular weight is 262 g/mol. The van der Waals surface area contributed by atoms with Crippen molar-refractivity contribution in [3.8, 4) is 0 Å². The lowest BCUT2D eigenvalue weighted by atomic mass is 10.2. The smallest absolute Gasteiger partial charge is 0.129 e. The second kappa shape index (κ2) is 6.11. The molecule has 0 aromatic heterocycles. The first-order chi connectivity index (χ1) is 6.74. The number of nitrogens with two attached hydrogens (primary N) is 1. The molecule has 0 aliphatic carbocycles. The van der Waals surface area contributed by atoms with Crippen LogP contribution in [0.1, 0.15) is 12.0 Å². The summed E-state index contributed by atoms with van der Waals surface area (Å²) in [6.07, 6.45) is 0.804. The maximum absolute atomic E-state index is 13.2. The Kier molecular flexibility index (Phi) is 5.07. The Labute approximate surface area is 91.4 Å². The molecule has 2 N–H and O–H groups in total. The summed E-state index contributed by atoms with van der Waals surface area (Å²) >= 11 is 3.19. The average Bonchev–Trinajstić information content (AvgIpc) is 2.15. The van der Waals surface area contributed by atoms with Gasteiger partial charge in [0.05, 0.1) is 6.61 Å². The molecule has 0 radical (unpaired) electrons. The van der Waals surface area contributed by atoms with Crippen LogP contribution in [-0.2, 0) is 11.3 Å². The highest BCUT2D eigenvalue weighted by Gasteiger charge is 2.02. The van der Waals surface area contributed by atoms with Crippen LogP contribution in [0.15, 0.2) is 22.7 Å².